The summed E-state index contributed by atoms with van der Waals surface area (Å²) in [6.45, 7) is 8.88. The van der Waals surface area contributed by atoms with Gasteiger partial charge in [-0.05, 0) is 39.0 Å². The van der Waals surface area contributed by atoms with E-state index in [0.717, 1.165) is 11.4 Å². The number of nitrogens with zero attached hydrogens (tertiary/aromatic N) is 7. The second kappa shape index (κ2) is 9.49. The first-order valence-corrected chi connectivity index (χ1v) is 11.1. The Hall–Kier alpha value is -4.35. The zero-order chi connectivity index (χ0) is 25.3. The minimum atomic E-state index is -0.522. The Balaban J connectivity index is 1.59. The molecule has 3 heterocycles. The number of carbonyl (C=O) groups is 2. The number of anilines is 2. The van der Waals surface area contributed by atoms with Crippen molar-refractivity contribution in [3.05, 3.63) is 63.1 Å². The van der Waals surface area contributed by atoms with E-state index in [9.17, 15) is 19.7 Å². The van der Waals surface area contributed by atoms with Gasteiger partial charge in [0.25, 0.3) is 17.5 Å². The average molecular weight is 479 g/mol. The van der Waals surface area contributed by atoms with Crippen LogP contribution < -0.4 is 10.2 Å². The lowest BCUT2D eigenvalue weighted by Crippen LogP contribution is -2.48. The topological polar surface area (TPSA) is 139 Å². The van der Waals surface area contributed by atoms with Gasteiger partial charge in [-0.2, -0.15) is 9.78 Å². The first-order valence-electron chi connectivity index (χ1n) is 11.1. The zero-order valence-corrected chi connectivity index (χ0v) is 20.0. The molecule has 1 aromatic carbocycles. The van der Waals surface area contributed by atoms with Crippen LogP contribution in [0.15, 0.2) is 30.3 Å². The third-order valence-electron chi connectivity index (χ3n) is 5.73. The zero-order valence-electron chi connectivity index (χ0n) is 20.0. The summed E-state index contributed by atoms with van der Waals surface area (Å²) in [6, 6.07) is 7.90. The standard InChI is InChI=1S/C23H26N8O4/c1-14-11-15(2)25-23(24-14)30-21(12-16(3)27-30)26-22(33)18-5-6-19(20(13-18)31(34)35)29-9-7-28(8-10-29)17(4)32/h5-6,11-13H,7-10H2,1-4H3,(H,26,33). The fourth-order valence-corrected chi connectivity index (χ4v) is 4.07. The second-order valence-corrected chi connectivity index (χ2v) is 8.44. The summed E-state index contributed by atoms with van der Waals surface area (Å²) in [5.41, 5.74) is 2.54. The molecule has 1 fully saturated rings. The van der Waals surface area contributed by atoms with E-state index in [0.29, 0.717) is 49.3 Å². The van der Waals surface area contributed by atoms with Crippen LogP contribution in [-0.2, 0) is 4.79 Å². The summed E-state index contributed by atoms with van der Waals surface area (Å²) in [4.78, 5) is 48.3. The quantitative estimate of drug-likeness (QED) is 0.436. The smallest absolute Gasteiger partial charge is 0.293 e. The molecule has 0 radical (unpaired) electrons. The van der Waals surface area contributed by atoms with Gasteiger partial charge < -0.3 is 15.1 Å². The lowest BCUT2D eigenvalue weighted by molar-refractivity contribution is -0.384. The van der Waals surface area contributed by atoms with Crippen molar-refractivity contribution >= 4 is 29.0 Å². The first kappa shape index (κ1) is 23.8. The molecule has 1 aliphatic rings. The molecule has 4 rings (SSSR count). The highest BCUT2D eigenvalue weighted by molar-refractivity contribution is 6.04. The van der Waals surface area contributed by atoms with Gasteiger partial charge in [0, 0.05) is 62.2 Å². The van der Waals surface area contributed by atoms with Crippen LogP contribution in [0.1, 0.15) is 34.4 Å². The van der Waals surface area contributed by atoms with Gasteiger partial charge in [0.2, 0.25) is 5.91 Å². The maximum Gasteiger partial charge on any atom is 0.293 e. The van der Waals surface area contributed by atoms with E-state index in [4.69, 9.17) is 0 Å². The Morgan fingerprint density at radius 1 is 0.971 bits per heavy atom. The minimum absolute atomic E-state index is 0.0214. The van der Waals surface area contributed by atoms with Crippen molar-refractivity contribution in [3.8, 4) is 5.95 Å². The molecule has 1 aliphatic heterocycles. The van der Waals surface area contributed by atoms with Gasteiger partial charge in [0.15, 0.2) is 0 Å². The Bertz CT molecular complexity index is 1290. The lowest BCUT2D eigenvalue weighted by Gasteiger charge is -2.35. The Morgan fingerprint density at radius 3 is 2.23 bits per heavy atom. The van der Waals surface area contributed by atoms with Crippen molar-refractivity contribution in [1.29, 1.82) is 0 Å². The SMILES string of the molecule is CC(=O)N1CCN(c2ccc(C(=O)Nc3cc(C)nn3-c3nc(C)cc(C)n3)cc2[N+](=O)[O-])CC1. The summed E-state index contributed by atoms with van der Waals surface area (Å²) in [5.74, 6) is 0.125. The number of benzene rings is 1. The average Bonchev–Trinajstić information content (AvgIpc) is 3.18. The van der Waals surface area contributed by atoms with Crippen molar-refractivity contribution in [1.82, 2.24) is 24.6 Å². The van der Waals surface area contributed by atoms with Gasteiger partial charge in [-0.1, -0.05) is 0 Å². The van der Waals surface area contributed by atoms with Gasteiger partial charge in [0.1, 0.15) is 11.5 Å². The van der Waals surface area contributed by atoms with Crippen LogP contribution in [0.25, 0.3) is 5.95 Å². The molecule has 2 amide bonds. The summed E-state index contributed by atoms with van der Waals surface area (Å²) >= 11 is 0. The van der Waals surface area contributed by atoms with Crippen LogP contribution in [0.5, 0.6) is 0 Å². The fraction of sp³-hybridized carbons (Fsp3) is 0.348. The molecule has 1 saturated heterocycles. The van der Waals surface area contributed by atoms with Crippen molar-refractivity contribution in [2.45, 2.75) is 27.7 Å². The van der Waals surface area contributed by atoms with Crippen molar-refractivity contribution < 1.29 is 14.5 Å². The molecule has 1 N–H and O–H groups in total. The maximum absolute atomic E-state index is 13.0. The molecule has 2 aromatic heterocycles. The van der Waals surface area contributed by atoms with Crippen LogP contribution in [0.3, 0.4) is 0 Å². The molecule has 0 spiro atoms. The monoisotopic (exact) mass is 478 g/mol. The number of amides is 2. The van der Waals surface area contributed by atoms with Crippen molar-refractivity contribution in [2.75, 3.05) is 36.4 Å². The molecule has 0 bridgehead atoms. The molecule has 3 aromatic rings. The van der Waals surface area contributed by atoms with Crippen LogP contribution in [0.4, 0.5) is 17.2 Å². The van der Waals surface area contributed by atoms with E-state index < -0.39 is 10.8 Å². The maximum atomic E-state index is 13.0. The Morgan fingerprint density at radius 2 is 1.63 bits per heavy atom. The van der Waals surface area contributed by atoms with Gasteiger partial charge in [-0.15, -0.1) is 0 Å². The van der Waals surface area contributed by atoms with Crippen LogP contribution in [0, 0.1) is 30.9 Å². The van der Waals surface area contributed by atoms with E-state index >= 15 is 0 Å². The molecule has 12 nitrogen and oxygen atoms in total. The number of aryl methyl sites for hydroxylation is 3. The number of nitro groups is 1. The second-order valence-electron chi connectivity index (χ2n) is 8.44. The van der Waals surface area contributed by atoms with E-state index in [-0.39, 0.29) is 17.2 Å². The lowest BCUT2D eigenvalue weighted by atomic mass is 10.1. The highest BCUT2D eigenvalue weighted by Crippen LogP contribution is 2.30. The predicted molar refractivity (Wildman–Crippen MR) is 129 cm³/mol. The van der Waals surface area contributed by atoms with Crippen LogP contribution in [0.2, 0.25) is 0 Å². The molecule has 0 saturated carbocycles. The number of aromatic nitrogens is 4. The van der Waals surface area contributed by atoms with E-state index in [2.05, 4.69) is 20.4 Å². The molecule has 0 aliphatic carbocycles. The molecular formula is C23H26N8O4. The molecule has 35 heavy (non-hydrogen) atoms. The number of nitro benzene ring substituents is 1. The third-order valence-corrected chi connectivity index (χ3v) is 5.73. The summed E-state index contributed by atoms with van der Waals surface area (Å²) in [7, 11) is 0. The highest BCUT2D eigenvalue weighted by atomic mass is 16.6. The van der Waals surface area contributed by atoms with Crippen molar-refractivity contribution in [2.24, 2.45) is 0 Å². The van der Waals surface area contributed by atoms with Gasteiger partial charge >= 0.3 is 0 Å². The molecular weight excluding hydrogens is 452 g/mol. The fourth-order valence-electron chi connectivity index (χ4n) is 4.07. The van der Waals surface area contributed by atoms with Crippen molar-refractivity contribution in [3.63, 3.8) is 0 Å². The van der Waals surface area contributed by atoms with Crippen LogP contribution >= 0.6 is 0 Å². The summed E-state index contributed by atoms with van der Waals surface area (Å²) in [5, 5.41) is 19.0. The number of rotatable bonds is 5. The molecule has 0 unspecified atom stereocenters. The van der Waals surface area contributed by atoms with Gasteiger partial charge in [0.05, 0.1) is 10.6 Å². The molecule has 12 heteroatoms. The van der Waals surface area contributed by atoms with E-state index in [1.54, 1.807) is 30.0 Å². The molecule has 0 atom stereocenters. The number of nitrogens with one attached hydrogen (secondary N) is 1. The van der Waals surface area contributed by atoms with E-state index in [1.165, 1.54) is 17.7 Å². The summed E-state index contributed by atoms with van der Waals surface area (Å²) in [6.07, 6.45) is 0. The summed E-state index contributed by atoms with van der Waals surface area (Å²) < 4.78 is 1.44. The Labute approximate surface area is 201 Å². The minimum Gasteiger partial charge on any atom is -0.362 e. The number of carbonyl (C=O) groups excluding carboxylic acids is 2. The van der Waals surface area contributed by atoms with Crippen LogP contribution in [-0.4, -0.2) is 67.6 Å². The third kappa shape index (κ3) is 5.10. The largest absolute Gasteiger partial charge is 0.362 e. The van der Waals surface area contributed by atoms with Gasteiger partial charge in [-0.3, -0.25) is 19.7 Å². The van der Waals surface area contributed by atoms with Gasteiger partial charge in [-0.25, -0.2) is 9.97 Å². The number of piperazine rings is 1. The predicted octanol–water partition coefficient (Wildman–Crippen LogP) is 2.42. The highest BCUT2D eigenvalue weighted by Gasteiger charge is 2.26. The normalized spacial score (nSPS) is 13.6. The first-order chi connectivity index (χ1) is 16.6. The Kier molecular flexibility index (Phi) is 6.45. The number of hydrogen-bond acceptors (Lipinski definition) is 8. The number of hydrogen-bond donors (Lipinski definition) is 1. The molecule has 182 valence electrons. The van der Waals surface area contributed by atoms with E-state index in [1.807, 2.05) is 24.8 Å².